The minimum atomic E-state index is -2.60. The van der Waals surface area contributed by atoms with Gasteiger partial charge in [0.25, 0.3) is 6.43 Å². The molecule has 0 spiro atoms. The Morgan fingerprint density at radius 2 is 2.07 bits per heavy atom. The molecule has 4 heteroatoms. The summed E-state index contributed by atoms with van der Waals surface area (Å²) in [5, 5.41) is 0.782. The molecular formula is C11H11F2NO. The molecule has 0 saturated carbocycles. The lowest BCUT2D eigenvalue weighted by atomic mass is 9.93. The van der Waals surface area contributed by atoms with Crippen molar-refractivity contribution in [2.45, 2.75) is 18.9 Å². The van der Waals surface area contributed by atoms with Crippen LogP contribution in [0.1, 0.15) is 12.5 Å². The van der Waals surface area contributed by atoms with Gasteiger partial charge in [0.05, 0.1) is 11.8 Å². The average Bonchev–Trinajstić information content (AvgIpc) is 2.63. The number of fused-ring (bicyclic) bond motifs is 1. The van der Waals surface area contributed by atoms with Gasteiger partial charge in [-0.3, -0.25) is 0 Å². The SMILES string of the molecule is CC(N)(c1ccc2occc2c1)C(F)F. The summed E-state index contributed by atoms with van der Waals surface area (Å²) in [4.78, 5) is 0. The molecule has 1 atom stereocenters. The van der Waals surface area contributed by atoms with Gasteiger partial charge in [-0.05, 0) is 30.7 Å². The maximum absolute atomic E-state index is 12.7. The van der Waals surface area contributed by atoms with Gasteiger partial charge in [-0.25, -0.2) is 8.78 Å². The molecule has 1 unspecified atom stereocenters. The molecule has 0 saturated heterocycles. The Balaban J connectivity index is 2.52. The number of halogens is 2. The molecule has 0 fully saturated rings. The summed E-state index contributed by atoms with van der Waals surface area (Å²) in [6.07, 6.45) is -1.08. The fourth-order valence-corrected chi connectivity index (χ4v) is 1.43. The number of hydrogen-bond donors (Lipinski definition) is 1. The van der Waals surface area contributed by atoms with E-state index in [0.29, 0.717) is 11.1 Å². The first-order chi connectivity index (χ1) is 7.01. The smallest absolute Gasteiger partial charge is 0.260 e. The largest absolute Gasteiger partial charge is 0.464 e. The van der Waals surface area contributed by atoms with Gasteiger partial charge in [-0.2, -0.15) is 0 Å². The first-order valence-corrected chi connectivity index (χ1v) is 4.56. The molecule has 0 bridgehead atoms. The Bertz CT molecular complexity index is 476. The molecular weight excluding hydrogens is 200 g/mol. The molecule has 0 aliphatic carbocycles. The van der Waals surface area contributed by atoms with Crippen LogP contribution in [-0.4, -0.2) is 6.43 Å². The molecule has 2 rings (SSSR count). The number of alkyl halides is 2. The highest BCUT2D eigenvalue weighted by Gasteiger charge is 2.32. The van der Waals surface area contributed by atoms with E-state index in [0.717, 1.165) is 5.39 Å². The van der Waals surface area contributed by atoms with E-state index in [1.165, 1.54) is 13.2 Å². The summed E-state index contributed by atoms with van der Waals surface area (Å²) in [7, 11) is 0. The Morgan fingerprint density at radius 1 is 1.33 bits per heavy atom. The van der Waals surface area contributed by atoms with Gasteiger partial charge in [0, 0.05) is 5.39 Å². The highest BCUT2D eigenvalue weighted by Crippen LogP contribution is 2.28. The highest BCUT2D eigenvalue weighted by molar-refractivity contribution is 5.78. The third-order valence-electron chi connectivity index (χ3n) is 2.53. The summed E-state index contributed by atoms with van der Waals surface area (Å²) in [5.41, 5.74) is 5.02. The Labute approximate surface area is 85.7 Å². The third-order valence-corrected chi connectivity index (χ3v) is 2.53. The highest BCUT2D eigenvalue weighted by atomic mass is 19.3. The van der Waals surface area contributed by atoms with Crippen LogP contribution in [0, 0.1) is 0 Å². The minimum Gasteiger partial charge on any atom is -0.464 e. The summed E-state index contributed by atoms with van der Waals surface area (Å²) < 4.78 is 30.5. The average molecular weight is 211 g/mol. The van der Waals surface area contributed by atoms with Crippen LogP contribution in [0.2, 0.25) is 0 Å². The van der Waals surface area contributed by atoms with Gasteiger partial charge >= 0.3 is 0 Å². The van der Waals surface area contributed by atoms with Gasteiger partial charge in [0.15, 0.2) is 0 Å². The molecule has 2 N–H and O–H groups in total. The zero-order valence-electron chi connectivity index (χ0n) is 8.21. The first-order valence-electron chi connectivity index (χ1n) is 4.56. The van der Waals surface area contributed by atoms with E-state index in [2.05, 4.69) is 0 Å². The summed E-state index contributed by atoms with van der Waals surface area (Å²) >= 11 is 0. The lowest BCUT2D eigenvalue weighted by Gasteiger charge is -2.23. The molecule has 0 aliphatic heterocycles. The molecule has 80 valence electrons. The van der Waals surface area contributed by atoms with Gasteiger partial charge in [-0.15, -0.1) is 0 Å². The normalized spacial score (nSPS) is 15.8. The van der Waals surface area contributed by atoms with Crippen molar-refractivity contribution in [3.8, 4) is 0 Å². The molecule has 1 aromatic heterocycles. The number of nitrogens with two attached hydrogens (primary N) is 1. The fraction of sp³-hybridized carbons (Fsp3) is 0.273. The van der Waals surface area contributed by atoms with Crippen LogP contribution in [0.25, 0.3) is 11.0 Å². The molecule has 2 nitrogen and oxygen atoms in total. The van der Waals surface area contributed by atoms with Crippen LogP contribution in [0.3, 0.4) is 0 Å². The second-order valence-electron chi connectivity index (χ2n) is 3.76. The van der Waals surface area contributed by atoms with Crippen molar-refractivity contribution in [1.29, 1.82) is 0 Å². The van der Waals surface area contributed by atoms with Crippen LogP contribution >= 0.6 is 0 Å². The Hall–Kier alpha value is -1.42. The van der Waals surface area contributed by atoms with Gasteiger partial charge in [-0.1, -0.05) is 6.07 Å². The second kappa shape index (κ2) is 3.31. The molecule has 0 radical (unpaired) electrons. The molecule has 1 heterocycles. The summed E-state index contributed by atoms with van der Waals surface area (Å²) in [6.45, 7) is 1.32. The zero-order chi connectivity index (χ0) is 11.1. The van der Waals surface area contributed by atoms with Crippen molar-refractivity contribution in [2.24, 2.45) is 5.73 Å². The van der Waals surface area contributed by atoms with Crippen molar-refractivity contribution in [2.75, 3.05) is 0 Å². The maximum atomic E-state index is 12.7. The minimum absolute atomic E-state index is 0.409. The Morgan fingerprint density at radius 3 is 2.73 bits per heavy atom. The predicted molar refractivity (Wildman–Crippen MR) is 53.8 cm³/mol. The van der Waals surface area contributed by atoms with E-state index in [-0.39, 0.29) is 0 Å². The number of benzene rings is 1. The zero-order valence-corrected chi connectivity index (χ0v) is 8.21. The van der Waals surface area contributed by atoms with Crippen LogP contribution in [0.4, 0.5) is 8.78 Å². The lowest BCUT2D eigenvalue weighted by Crippen LogP contribution is -2.40. The van der Waals surface area contributed by atoms with Crippen LogP contribution in [0.5, 0.6) is 0 Å². The van der Waals surface area contributed by atoms with E-state index in [1.54, 1.807) is 24.3 Å². The predicted octanol–water partition coefficient (Wildman–Crippen LogP) is 2.87. The maximum Gasteiger partial charge on any atom is 0.260 e. The van der Waals surface area contributed by atoms with Crippen LogP contribution < -0.4 is 5.73 Å². The molecule has 2 aromatic rings. The third kappa shape index (κ3) is 1.61. The van der Waals surface area contributed by atoms with E-state index < -0.39 is 12.0 Å². The topological polar surface area (TPSA) is 39.2 Å². The molecule has 0 aliphatic rings. The van der Waals surface area contributed by atoms with Gasteiger partial charge < -0.3 is 10.2 Å². The van der Waals surface area contributed by atoms with Crippen molar-refractivity contribution in [3.05, 3.63) is 36.1 Å². The van der Waals surface area contributed by atoms with Crippen molar-refractivity contribution >= 4 is 11.0 Å². The van der Waals surface area contributed by atoms with Crippen molar-refractivity contribution in [1.82, 2.24) is 0 Å². The number of hydrogen-bond acceptors (Lipinski definition) is 2. The van der Waals surface area contributed by atoms with Crippen LogP contribution in [0.15, 0.2) is 34.9 Å². The van der Waals surface area contributed by atoms with Crippen molar-refractivity contribution in [3.63, 3.8) is 0 Å². The fourth-order valence-electron chi connectivity index (χ4n) is 1.43. The monoisotopic (exact) mass is 211 g/mol. The first kappa shape index (κ1) is 10.1. The Kier molecular flexibility index (Phi) is 2.23. The molecule has 1 aromatic carbocycles. The summed E-state index contributed by atoms with van der Waals surface area (Å²) in [5.74, 6) is 0. The number of rotatable bonds is 2. The molecule has 15 heavy (non-hydrogen) atoms. The number of furan rings is 1. The lowest BCUT2D eigenvalue weighted by molar-refractivity contribution is 0.0626. The van der Waals surface area contributed by atoms with E-state index in [4.69, 9.17) is 10.2 Å². The standard InChI is InChI=1S/C11H11F2NO/c1-11(14,10(12)13)8-2-3-9-7(6-8)4-5-15-9/h2-6,10H,14H2,1H3. The quantitative estimate of drug-likeness (QED) is 0.829. The molecule has 0 amide bonds. The van der Waals surface area contributed by atoms with E-state index in [9.17, 15) is 8.78 Å². The summed E-state index contributed by atoms with van der Waals surface area (Å²) in [6, 6.07) is 6.57. The van der Waals surface area contributed by atoms with Crippen LogP contribution in [-0.2, 0) is 5.54 Å². The second-order valence-corrected chi connectivity index (χ2v) is 3.76. The van der Waals surface area contributed by atoms with E-state index >= 15 is 0 Å². The van der Waals surface area contributed by atoms with Gasteiger partial charge in [0.2, 0.25) is 0 Å². The van der Waals surface area contributed by atoms with E-state index in [1.807, 2.05) is 0 Å². The van der Waals surface area contributed by atoms with Crippen molar-refractivity contribution < 1.29 is 13.2 Å². The van der Waals surface area contributed by atoms with Gasteiger partial charge in [0.1, 0.15) is 5.58 Å².